The molecule has 0 saturated heterocycles. The van der Waals surface area contributed by atoms with Crippen molar-refractivity contribution in [1.82, 2.24) is 14.8 Å². The molecule has 0 radical (unpaired) electrons. The molecule has 0 bridgehead atoms. The van der Waals surface area contributed by atoms with E-state index < -0.39 is 0 Å². The van der Waals surface area contributed by atoms with E-state index in [2.05, 4.69) is 22.3 Å². The standard InChI is InChI=1S/C19H16N4O2S3/c1-22(16(24)11-23-14-9-5-6-10-15(14)27-19(23)25)17-20-21-18(28-17)26-12-13-7-3-2-4-8-13/h2-10H,11-12H2,1H3. The molecular formula is C19H16N4O2S3. The Kier molecular flexibility index (Phi) is 5.56. The molecule has 0 fully saturated rings. The molecule has 0 unspecified atom stereocenters. The van der Waals surface area contributed by atoms with Gasteiger partial charge in [0.2, 0.25) is 11.0 Å². The lowest BCUT2D eigenvalue weighted by atomic mass is 10.2. The fraction of sp³-hybridized carbons (Fsp3) is 0.158. The highest BCUT2D eigenvalue weighted by Crippen LogP contribution is 2.30. The van der Waals surface area contributed by atoms with Crippen LogP contribution in [-0.2, 0) is 17.1 Å². The summed E-state index contributed by atoms with van der Waals surface area (Å²) in [5, 5.41) is 8.82. The summed E-state index contributed by atoms with van der Waals surface area (Å²) in [6, 6.07) is 17.6. The maximum absolute atomic E-state index is 12.7. The fourth-order valence-corrected chi connectivity index (χ4v) is 5.29. The van der Waals surface area contributed by atoms with Crippen molar-refractivity contribution in [3.05, 3.63) is 69.8 Å². The first-order valence-corrected chi connectivity index (χ1v) is 11.1. The summed E-state index contributed by atoms with van der Waals surface area (Å²) in [6.45, 7) is -0.0224. The summed E-state index contributed by atoms with van der Waals surface area (Å²) < 4.78 is 3.18. The molecule has 0 aliphatic heterocycles. The number of anilines is 1. The number of rotatable bonds is 6. The van der Waals surface area contributed by atoms with Gasteiger partial charge in [-0.1, -0.05) is 76.9 Å². The van der Waals surface area contributed by atoms with Crippen LogP contribution in [0.4, 0.5) is 5.13 Å². The summed E-state index contributed by atoms with van der Waals surface area (Å²) in [5.41, 5.74) is 1.98. The van der Waals surface area contributed by atoms with Crippen LogP contribution in [0, 0.1) is 0 Å². The average molecular weight is 429 g/mol. The topological polar surface area (TPSA) is 68.1 Å². The van der Waals surface area contributed by atoms with Crippen LogP contribution in [0.3, 0.4) is 0 Å². The molecule has 0 N–H and O–H groups in total. The van der Waals surface area contributed by atoms with Crippen molar-refractivity contribution in [1.29, 1.82) is 0 Å². The Morgan fingerprint density at radius 3 is 2.64 bits per heavy atom. The van der Waals surface area contributed by atoms with E-state index in [1.54, 1.807) is 18.8 Å². The van der Waals surface area contributed by atoms with E-state index in [4.69, 9.17) is 0 Å². The number of hydrogen-bond donors (Lipinski definition) is 0. The predicted octanol–water partition coefficient (Wildman–Crippen LogP) is 3.87. The third kappa shape index (κ3) is 4.01. The van der Waals surface area contributed by atoms with Crippen molar-refractivity contribution in [2.75, 3.05) is 11.9 Å². The van der Waals surface area contributed by atoms with Crippen LogP contribution in [0.1, 0.15) is 5.56 Å². The van der Waals surface area contributed by atoms with Crippen molar-refractivity contribution in [3.8, 4) is 0 Å². The smallest absolute Gasteiger partial charge is 0.289 e. The summed E-state index contributed by atoms with van der Waals surface area (Å²) in [4.78, 5) is 26.3. The Labute approximate surface area is 173 Å². The van der Waals surface area contributed by atoms with Gasteiger partial charge in [0.15, 0.2) is 4.34 Å². The Bertz CT molecular complexity index is 1170. The first-order chi connectivity index (χ1) is 13.6. The second-order valence-electron chi connectivity index (χ2n) is 6.00. The number of para-hydroxylation sites is 1. The number of likely N-dealkylation sites (N-methyl/N-ethyl adjacent to an activating group) is 1. The molecule has 0 aliphatic rings. The zero-order chi connectivity index (χ0) is 19.5. The largest absolute Gasteiger partial charge is 0.308 e. The molecule has 4 rings (SSSR count). The molecule has 28 heavy (non-hydrogen) atoms. The molecule has 9 heteroatoms. The van der Waals surface area contributed by atoms with E-state index in [-0.39, 0.29) is 17.3 Å². The van der Waals surface area contributed by atoms with Crippen LogP contribution in [0.15, 0.2) is 63.7 Å². The molecule has 0 saturated carbocycles. The first-order valence-electron chi connectivity index (χ1n) is 8.47. The van der Waals surface area contributed by atoms with Crippen LogP contribution >= 0.6 is 34.4 Å². The van der Waals surface area contributed by atoms with E-state index in [1.165, 1.54) is 26.4 Å². The highest BCUT2D eigenvalue weighted by atomic mass is 32.2. The molecule has 6 nitrogen and oxygen atoms in total. The van der Waals surface area contributed by atoms with Gasteiger partial charge in [-0.25, -0.2) is 0 Å². The van der Waals surface area contributed by atoms with Crippen LogP contribution in [0.5, 0.6) is 0 Å². The average Bonchev–Trinajstić information content (AvgIpc) is 3.31. The number of thiazole rings is 1. The summed E-state index contributed by atoms with van der Waals surface area (Å²) in [7, 11) is 1.66. The van der Waals surface area contributed by atoms with Crippen molar-refractivity contribution in [3.63, 3.8) is 0 Å². The molecule has 4 aromatic rings. The van der Waals surface area contributed by atoms with Gasteiger partial charge < -0.3 is 0 Å². The zero-order valence-electron chi connectivity index (χ0n) is 14.9. The van der Waals surface area contributed by atoms with Crippen LogP contribution in [-0.4, -0.2) is 27.7 Å². The molecule has 142 valence electrons. The highest BCUT2D eigenvalue weighted by molar-refractivity contribution is 8.00. The van der Waals surface area contributed by atoms with E-state index >= 15 is 0 Å². The van der Waals surface area contributed by atoms with Crippen molar-refractivity contribution in [2.45, 2.75) is 16.6 Å². The number of fused-ring (bicyclic) bond motifs is 1. The molecule has 0 spiro atoms. The minimum Gasteiger partial charge on any atom is -0.289 e. The second kappa shape index (κ2) is 8.26. The fourth-order valence-electron chi connectivity index (χ4n) is 2.63. The zero-order valence-corrected chi connectivity index (χ0v) is 17.4. The van der Waals surface area contributed by atoms with Gasteiger partial charge in [-0.3, -0.25) is 19.1 Å². The molecule has 1 amide bonds. The number of amides is 1. The van der Waals surface area contributed by atoms with Crippen LogP contribution in [0.25, 0.3) is 10.2 Å². The van der Waals surface area contributed by atoms with Gasteiger partial charge in [-0.05, 0) is 17.7 Å². The minimum atomic E-state index is -0.207. The Morgan fingerprint density at radius 2 is 1.82 bits per heavy atom. The van der Waals surface area contributed by atoms with Crippen LogP contribution in [0.2, 0.25) is 0 Å². The van der Waals surface area contributed by atoms with Gasteiger partial charge in [0.1, 0.15) is 6.54 Å². The van der Waals surface area contributed by atoms with Gasteiger partial charge in [0.25, 0.3) is 0 Å². The van der Waals surface area contributed by atoms with Gasteiger partial charge in [-0.15, -0.1) is 10.2 Å². The number of nitrogens with zero attached hydrogens (tertiary/aromatic N) is 4. The first kappa shape index (κ1) is 18.9. The van der Waals surface area contributed by atoms with E-state index in [0.29, 0.717) is 5.13 Å². The SMILES string of the molecule is CN(C(=O)Cn1c(=O)sc2ccccc21)c1nnc(SCc2ccccc2)s1. The number of carbonyl (C=O) groups is 1. The van der Waals surface area contributed by atoms with Crippen molar-refractivity contribution >= 4 is 55.7 Å². The lowest BCUT2D eigenvalue weighted by molar-refractivity contribution is -0.118. The summed E-state index contributed by atoms with van der Waals surface area (Å²) >= 11 is 4.10. The minimum absolute atomic E-state index is 0.0224. The maximum Gasteiger partial charge on any atom is 0.308 e. The Hall–Kier alpha value is -2.49. The normalized spacial score (nSPS) is 11.0. The number of benzene rings is 2. The van der Waals surface area contributed by atoms with Crippen LogP contribution < -0.4 is 9.77 Å². The van der Waals surface area contributed by atoms with Crippen molar-refractivity contribution in [2.24, 2.45) is 0 Å². The maximum atomic E-state index is 12.7. The van der Waals surface area contributed by atoms with Crippen molar-refractivity contribution < 1.29 is 4.79 Å². The molecule has 2 aromatic carbocycles. The quantitative estimate of drug-likeness (QED) is 0.344. The van der Waals surface area contributed by atoms with E-state index in [0.717, 1.165) is 31.6 Å². The second-order valence-corrected chi connectivity index (χ2v) is 9.17. The number of carbonyl (C=O) groups excluding carboxylic acids is 1. The third-order valence-corrected chi connectivity index (χ3v) is 7.29. The predicted molar refractivity (Wildman–Crippen MR) is 115 cm³/mol. The van der Waals surface area contributed by atoms with Gasteiger partial charge in [0, 0.05) is 12.8 Å². The molecular weight excluding hydrogens is 412 g/mol. The molecule has 0 atom stereocenters. The monoisotopic (exact) mass is 428 g/mol. The van der Waals surface area contributed by atoms with E-state index in [9.17, 15) is 9.59 Å². The number of aromatic nitrogens is 3. The van der Waals surface area contributed by atoms with Gasteiger partial charge >= 0.3 is 4.87 Å². The summed E-state index contributed by atoms with van der Waals surface area (Å²) in [6.07, 6.45) is 0. The van der Waals surface area contributed by atoms with Gasteiger partial charge in [0.05, 0.1) is 10.2 Å². The third-order valence-electron chi connectivity index (χ3n) is 4.13. The summed E-state index contributed by atoms with van der Waals surface area (Å²) in [5.74, 6) is 0.588. The molecule has 0 aliphatic carbocycles. The Balaban J connectivity index is 1.45. The number of thioether (sulfide) groups is 1. The van der Waals surface area contributed by atoms with Gasteiger partial charge in [-0.2, -0.15) is 0 Å². The number of hydrogen-bond acceptors (Lipinski definition) is 7. The van der Waals surface area contributed by atoms with E-state index in [1.807, 2.05) is 42.5 Å². The molecule has 2 heterocycles. The Morgan fingerprint density at radius 1 is 1.07 bits per heavy atom. The highest BCUT2D eigenvalue weighted by Gasteiger charge is 2.19. The lowest BCUT2D eigenvalue weighted by Gasteiger charge is -2.13. The lowest BCUT2D eigenvalue weighted by Crippen LogP contribution is -2.32. The molecule has 2 aromatic heterocycles.